The number of hydrogen-bond acceptors (Lipinski definition) is 2. The van der Waals surface area contributed by atoms with Crippen molar-refractivity contribution >= 4 is 17.6 Å². The quantitative estimate of drug-likeness (QED) is 0.757. The van der Waals surface area contributed by atoms with E-state index in [1.165, 1.54) is 6.07 Å². The van der Waals surface area contributed by atoms with Gasteiger partial charge in [0.15, 0.2) is 0 Å². The summed E-state index contributed by atoms with van der Waals surface area (Å²) in [5.41, 5.74) is 0.416. The molecule has 0 heterocycles. The van der Waals surface area contributed by atoms with Crippen LogP contribution < -0.4 is 5.32 Å². The van der Waals surface area contributed by atoms with Gasteiger partial charge in [0, 0.05) is 23.6 Å². The van der Waals surface area contributed by atoms with Gasteiger partial charge in [-0.1, -0.05) is 17.7 Å². The van der Waals surface area contributed by atoms with E-state index in [0.717, 1.165) is 0 Å². The third kappa shape index (κ3) is 4.16. The first-order valence-corrected chi connectivity index (χ1v) is 5.34. The summed E-state index contributed by atoms with van der Waals surface area (Å²) in [5, 5.41) is 11.7. The molecule has 0 fully saturated rings. The molecule has 3 nitrogen and oxygen atoms in total. The smallest absolute Gasteiger partial charge is 0.303 e. The molecule has 0 aliphatic heterocycles. The molecule has 0 saturated carbocycles. The molecule has 0 spiro atoms. The van der Waals surface area contributed by atoms with E-state index in [9.17, 15) is 9.18 Å². The Bertz CT molecular complexity index is 351. The average molecular weight is 246 g/mol. The Labute approximate surface area is 98.2 Å². The Balaban J connectivity index is 2.34. The number of carboxylic acid groups (broad SMARTS) is 1. The molecule has 0 saturated heterocycles. The van der Waals surface area contributed by atoms with Crippen LogP contribution in [0.1, 0.15) is 18.4 Å². The molecule has 1 rings (SSSR count). The summed E-state index contributed by atoms with van der Waals surface area (Å²) in [4.78, 5) is 10.2. The van der Waals surface area contributed by atoms with Crippen molar-refractivity contribution in [3.63, 3.8) is 0 Å². The van der Waals surface area contributed by atoms with Crippen LogP contribution in [0.3, 0.4) is 0 Å². The molecule has 1 aromatic rings. The predicted molar refractivity (Wildman–Crippen MR) is 60.0 cm³/mol. The normalized spacial score (nSPS) is 10.4. The minimum Gasteiger partial charge on any atom is -0.481 e. The zero-order valence-corrected chi connectivity index (χ0v) is 9.43. The summed E-state index contributed by atoms with van der Waals surface area (Å²) in [6, 6.07) is 4.52. The second kappa shape index (κ2) is 6.45. The number of aliphatic carboxylic acids is 1. The lowest BCUT2D eigenvalue weighted by Gasteiger charge is -2.07. The Morgan fingerprint density at radius 2 is 2.25 bits per heavy atom. The lowest BCUT2D eigenvalue weighted by atomic mass is 10.2. The highest BCUT2D eigenvalue weighted by molar-refractivity contribution is 6.31. The number of carboxylic acids is 1. The Morgan fingerprint density at radius 1 is 1.50 bits per heavy atom. The second-order valence-corrected chi connectivity index (χ2v) is 3.78. The summed E-state index contributed by atoms with van der Waals surface area (Å²) < 4.78 is 13.3. The molecule has 88 valence electrons. The molecule has 0 aliphatic carbocycles. The largest absolute Gasteiger partial charge is 0.481 e. The molecule has 0 amide bonds. The topological polar surface area (TPSA) is 49.3 Å². The van der Waals surface area contributed by atoms with Crippen molar-refractivity contribution in [3.8, 4) is 0 Å². The summed E-state index contributed by atoms with van der Waals surface area (Å²) in [6.07, 6.45) is 0.624. The van der Waals surface area contributed by atoms with Crippen molar-refractivity contribution in [3.05, 3.63) is 34.6 Å². The summed E-state index contributed by atoms with van der Waals surface area (Å²) >= 11 is 5.82. The fraction of sp³-hybridized carbons (Fsp3) is 0.364. The van der Waals surface area contributed by atoms with Crippen molar-refractivity contribution in [2.45, 2.75) is 19.4 Å². The number of carbonyl (C=O) groups is 1. The van der Waals surface area contributed by atoms with Gasteiger partial charge >= 0.3 is 5.97 Å². The molecule has 5 heteroatoms. The molecule has 0 aliphatic rings. The van der Waals surface area contributed by atoms with Crippen LogP contribution in [-0.4, -0.2) is 17.6 Å². The molecular formula is C11H13ClFNO2. The van der Waals surface area contributed by atoms with Gasteiger partial charge in [-0.3, -0.25) is 4.79 Å². The number of hydrogen-bond donors (Lipinski definition) is 2. The van der Waals surface area contributed by atoms with E-state index in [-0.39, 0.29) is 12.2 Å². The maximum Gasteiger partial charge on any atom is 0.303 e. The highest BCUT2D eigenvalue weighted by atomic mass is 35.5. The van der Waals surface area contributed by atoms with Crippen LogP contribution in [0.2, 0.25) is 5.02 Å². The highest BCUT2D eigenvalue weighted by Crippen LogP contribution is 2.18. The SMILES string of the molecule is O=C(O)CCCNCc1c(F)cccc1Cl. The van der Waals surface area contributed by atoms with Crippen molar-refractivity contribution < 1.29 is 14.3 Å². The van der Waals surface area contributed by atoms with E-state index in [4.69, 9.17) is 16.7 Å². The first-order chi connectivity index (χ1) is 7.61. The lowest BCUT2D eigenvalue weighted by Crippen LogP contribution is -2.16. The van der Waals surface area contributed by atoms with Crippen LogP contribution in [0.15, 0.2) is 18.2 Å². The maximum atomic E-state index is 13.3. The maximum absolute atomic E-state index is 13.3. The third-order valence-electron chi connectivity index (χ3n) is 2.11. The highest BCUT2D eigenvalue weighted by Gasteiger charge is 2.05. The number of benzene rings is 1. The zero-order chi connectivity index (χ0) is 12.0. The predicted octanol–water partition coefficient (Wildman–Crippen LogP) is 2.43. The zero-order valence-electron chi connectivity index (χ0n) is 8.67. The van der Waals surface area contributed by atoms with Crippen molar-refractivity contribution in [2.24, 2.45) is 0 Å². The van der Waals surface area contributed by atoms with E-state index < -0.39 is 5.97 Å². The van der Waals surface area contributed by atoms with Crippen LogP contribution in [0.25, 0.3) is 0 Å². The van der Waals surface area contributed by atoms with E-state index in [0.29, 0.717) is 30.1 Å². The van der Waals surface area contributed by atoms with Crippen LogP contribution in [-0.2, 0) is 11.3 Å². The number of nitrogens with one attached hydrogen (secondary N) is 1. The second-order valence-electron chi connectivity index (χ2n) is 3.37. The van der Waals surface area contributed by atoms with Gasteiger partial charge in [-0.15, -0.1) is 0 Å². The molecule has 0 radical (unpaired) electrons. The van der Waals surface area contributed by atoms with Gasteiger partial charge < -0.3 is 10.4 Å². The van der Waals surface area contributed by atoms with Gasteiger partial charge in [0.05, 0.1) is 0 Å². The van der Waals surface area contributed by atoms with Crippen molar-refractivity contribution in [1.29, 1.82) is 0 Å². The first kappa shape index (κ1) is 12.9. The van der Waals surface area contributed by atoms with E-state index in [2.05, 4.69) is 5.32 Å². The summed E-state index contributed by atoms with van der Waals surface area (Å²) in [6.45, 7) is 0.835. The molecule has 2 N–H and O–H groups in total. The Hall–Kier alpha value is -1.13. The molecule has 0 atom stereocenters. The summed E-state index contributed by atoms with van der Waals surface area (Å²) in [7, 11) is 0. The van der Waals surface area contributed by atoms with Crippen LogP contribution in [0.5, 0.6) is 0 Å². The Morgan fingerprint density at radius 3 is 2.88 bits per heavy atom. The average Bonchev–Trinajstić information content (AvgIpc) is 2.21. The molecular weight excluding hydrogens is 233 g/mol. The van der Waals surface area contributed by atoms with Crippen LogP contribution >= 0.6 is 11.6 Å². The van der Waals surface area contributed by atoms with Gasteiger partial charge in [0.2, 0.25) is 0 Å². The number of rotatable bonds is 6. The summed E-state index contributed by atoms with van der Waals surface area (Å²) in [5.74, 6) is -1.18. The van der Waals surface area contributed by atoms with Crippen molar-refractivity contribution in [2.75, 3.05) is 6.54 Å². The minimum atomic E-state index is -0.828. The van der Waals surface area contributed by atoms with Crippen molar-refractivity contribution in [1.82, 2.24) is 5.32 Å². The van der Waals surface area contributed by atoms with Gasteiger partial charge in [-0.05, 0) is 25.1 Å². The third-order valence-corrected chi connectivity index (χ3v) is 2.46. The standard InChI is InChI=1S/C11H13ClFNO2/c12-9-3-1-4-10(13)8(9)7-14-6-2-5-11(15)16/h1,3-4,14H,2,5-7H2,(H,15,16). The monoisotopic (exact) mass is 245 g/mol. The van der Waals surface area contributed by atoms with Crippen LogP contribution in [0, 0.1) is 5.82 Å². The molecule has 0 aromatic heterocycles. The Kier molecular flexibility index (Phi) is 5.22. The van der Waals surface area contributed by atoms with Gasteiger partial charge in [-0.25, -0.2) is 4.39 Å². The minimum absolute atomic E-state index is 0.109. The van der Waals surface area contributed by atoms with Gasteiger partial charge in [0.25, 0.3) is 0 Å². The molecule has 1 aromatic carbocycles. The van der Waals surface area contributed by atoms with E-state index in [1.54, 1.807) is 12.1 Å². The molecule has 0 unspecified atom stereocenters. The van der Waals surface area contributed by atoms with Gasteiger partial charge in [-0.2, -0.15) is 0 Å². The van der Waals surface area contributed by atoms with Crippen LogP contribution in [0.4, 0.5) is 4.39 Å². The number of halogens is 2. The molecule has 0 bridgehead atoms. The fourth-order valence-electron chi connectivity index (χ4n) is 1.28. The van der Waals surface area contributed by atoms with E-state index >= 15 is 0 Å². The fourth-order valence-corrected chi connectivity index (χ4v) is 1.51. The van der Waals surface area contributed by atoms with Gasteiger partial charge in [0.1, 0.15) is 5.82 Å². The van der Waals surface area contributed by atoms with E-state index in [1.807, 2.05) is 0 Å². The lowest BCUT2D eigenvalue weighted by molar-refractivity contribution is -0.137. The molecule has 16 heavy (non-hydrogen) atoms. The first-order valence-electron chi connectivity index (χ1n) is 4.96.